The molecule has 1 amide bonds. The maximum absolute atomic E-state index is 11.7. The van der Waals surface area contributed by atoms with Gasteiger partial charge < -0.3 is 10.0 Å². The normalized spacial score (nSPS) is 20.7. The van der Waals surface area contributed by atoms with Gasteiger partial charge in [0.1, 0.15) is 0 Å². The van der Waals surface area contributed by atoms with Crippen molar-refractivity contribution in [3.05, 3.63) is 0 Å². The van der Waals surface area contributed by atoms with Crippen LogP contribution in [0.25, 0.3) is 0 Å². The summed E-state index contributed by atoms with van der Waals surface area (Å²) in [7, 11) is 0. The minimum Gasteiger partial charge on any atom is -0.393 e. The second-order valence-corrected chi connectivity index (χ2v) is 5.02. The van der Waals surface area contributed by atoms with Crippen LogP contribution in [0.15, 0.2) is 0 Å². The van der Waals surface area contributed by atoms with Gasteiger partial charge in [0.05, 0.1) is 12.5 Å². The number of nitrogens with zero attached hydrogens (tertiary/aromatic N) is 1. The summed E-state index contributed by atoms with van der Waals surface area (Å²) in [5.74, 6) is 1.59. The first-order chi connectivity index (χ1) is 7.00. The minimum absolute atomic E-state index is 0.104. The smallest absolute Gasteiger partial charge is 0.225 e. The Balaban J connectivity index is 2.34. The van der Waals surface area contributed by atoms with Gasteiger partial charge in [0.25, 0.3) is 0 Å². The summed E-state index contributed by atoms with van der Waals surface area (Å²) < 4.78 is 0. The number of carbonyl (C=O) groups is 1. The number of amides is 1. The Morgan fingerprint density at radius 1 is 1.33 bits per heavy atom. The quantitative estimate of drug-likeness (QED) is 0.774. The number of aliphatic hydroxyl groups excluding tert-OH is 1. The molecule has 0 aromatic carbocycles. The van der Waals surface area contributed by atoms with Crippen LogP contribution in [0.5, 0.6) is 0 Å². The second-order valence-electron chi connectivity index (χ2n) is 5.02. The van der Waals surface area contributed by atoms with Gasteiger partial charge in [-0.25, -0.2) is 0 Å². The molecule has 1 N–H and O–H groups in total. The highest BCUT2D eigenvalue weighted by Crippen LogP contribution is 2.24. The number of likely N-dealkylation sites (tertiary alicyclic amines) is 1. The zero-order valence-corrected chi connectivity index (χ0v) is 10.1. The molecule has 0 bridgehead atoms. The van der Waals surface area contributed by atoms with E-state index in [1.807, 2.05) is 4.90 Å². The highest BCUT2D eigenvalue weighted by Gasteiger charge is 2.24. The average molecular weight is 213 g/mol. The van der Waals surface area contributed by atoms with Crippen molar-refractivity contribution in [2.75, 3.05) is 13.1 Å². The van der Waals surface area contributed by atoms with Crippen molar-refractivity contribution in [3.8, 4) is 0 Å². The fraction of sp³-hybridized carbons (Fsp3) is 0.917. The predicted octanol–water partition coefficient (Wildman–Crippen LogP) is 1.65. The van der Waals surface area contributed by atoms with E-state index in [-0.39, 0.29) is 12.3 Å². The predicted molar refractivity (Wildman–Crippen MR) is 60.4 cm³/mol. The summed E-state index contributed by atoms with van der Waals surface area (Å²) in [6.45, 7) is 7.90. The van der Waals surface area contributed by atoms with Gasteiger partial charge >= 0.3 is 0 Å². The number of hydrogen-bond donors (Lipinski definition) is 1. The van der Waals surface area contributed by atoms with Crippen LogP contribution >= 0.6 is 0 Å². The molecule has 0 saturated carbocycles. The zero-order valence-electron chi connectivity index (χ0n) is 10.1. The van der Waals surface area contributed by atoms with Crippen molar-refractivity contribution in [1.82, 2.24) is 4.90 Å². The Morgan fingerprint density at radius 2 is 1.87 bits per heavy atom. The molecule has 0 radical (unpaired) electrons. The summed E-state index contributed by atoms with van der Waals surface area (Å²) in [6, 6.07) is 0. The van der Waals surface area contributed by atoms with Crippen molar-refractivity contribution >= 4 is 5.91 Å². The van der Waals surface area contributed by atoms with Crippen molar-refractivity contribution in [1.29, 1.82) is 0 Å². The van der Waals surface area contributed by atoms with Crippen molar-refractivity contribution in [3.63, 3.8) is 0 Å². The monoisotopic (exact) mass is 213 g/mol. The zero-order chi connectivity index (χ0) is 11.4. The van der Waals surface area contributed by atoms with Crippen molar-refractivity contribution in [2.45, 2.75) is 46.1 Å². The number of aliphatic hydroxyl groups is 1. The molecule has 15 heavy (non-hydrogen) atoms. The Labute approximate surface area is 92.5 Å². The number of rotatable bonds is 3. The maximum atomic E-state index is 11.7. The summed E-state index contributed by atoms with van der Waals surface area (Å²) in [5, 5.41) is 9.15. The summed E-state index contributed by atoms with van der Waals surface area (Å²) >= 11 is 0. The molecule has 3 heteroatoms. The molecule has 0 aromatic heterocycles. The first-order valence-corrected chi connectivity index (χ1v) is 5.96. The molecule has 0 aromatic rings. The fourth-order valence-electron chi connectivity index (χ4n) is 2.20. The SMILES string of the molecule is CC(O)CC(=O)N1CCC(C(C)C)CC1. The molecule has 1 saturated heterocycles. The molecular weight excluding hydrogens is 190 g/mol. The van der Waals surface area contributed by atoms with E-state index >= 15 is 0 Å². The molecule has 1 heterocycles. The Kier molecular flexibility index (Phi) is 4.58. The molecule has 1 atom stereocenters. The fourth-order valence-corrected chi connectivity index (χ4v) is 2.20. The number of piperidine rings is 1. The Bertz CT molecular complexity index is 206. The van der Waals surface area contributed by atoms with E-state index in [4.69, 9.17) is 5.11 Å². The lowest BCUT2D eigenvalue weighted by Crippen LogP contribution is -2.40. The Hall–Kier alpha value is -0.570. The molecule has 1 fully saturated rings. The molecule has 0 aliphatic carbocycles. The second kappa shape index (κ2) is 5.50. The van der Waals surface area contributed by atoms with Gasteiger partial charge in [0, 0.05) is 13.1 Å². The van der Waals surface area contributed by atoms with Crippen molar-refractivity contribution < 1.29 is 9.90 Å². The minimum atomic E-state index is -0.514. The van der Waals surface area contributed by atoms with Gasteiger partial charge in [0.15, 0.2) is 0 Å². The van der Waals surface area contributed by atoms with Crippen LogP contribution in [0.3, 0.4) is 0 Å². The van der Waals surface area contributed by atoms with E-state index in [9.17, 15) is 4.79 Å². The number of hydrogen-bond acceptors (Lipinski definition) is 2. The van der Waals surface area contributed by atoms with E-state index in [0.717, 1.165) is 37.8 Å². The molecule has 88 valence electrons. The largest absolute Gasteiger partial charge is 0.393 e. The highest BCUT2D eigenvalue weighted by atomic mass is 16.3. The van der Waals surface area contributed by atoms with Gasteiger partial charge in [-0.1, -0.05) is 13.8 Å². The summed E-state index contributed by atoms with van der Waals surface area (Å²) in [5.41, 5.74) is 0. The lowest BCUT2D eigenvalue weighted by atomic mass is 9.86. The summed E-state index contributed by atoms with van der Waals surface area (Å²) in [4.78, 5) is 13.5. The molecule has 1 unspecified atom stereocenters. The molecule has 1 aliphatic heterocycles. The first-order valence-electron chi connectivity index (χ1n) is 5.96. The molecule has 0 spiro atoms. The van der Waals surface area contributed by atoms with Crippen LogP contribution in [0.1, 0.15) is 40.0 Å². The van der Waals surface area contributed by atoms with Gasteiger partial charge in [-0.3, -0.25) is 4.79 Å². The average Bonchev–Trinajstić information content (AvgIpc) is 2.17. The van der Waals surface area contributed by atoms with E-state index in [1.54, 1.807) is 6.92 Å². The van der Waals surface area contributed by atoms with Crippen molar-refractivity contribution in [2.24, 2.45) is 11.8 Å². The van der Waals surface area contributed by atoms with Crippen LogP contribution in [-0.2, 0) is 4.79 Å². The lowest BCUT2D eigenvalue weighted by molar-refractivity contribution is -0.134. The van der Waals surface area contributed by atoms with Crippen LogP contribution in [0.4, 0.5) is 0 Å². The van der Waals surface area contributed by atoms with Crippen LogP contribution < -0.4 is 0 Å². The van der Waals surface area contributed by atoms with Gasteiger partial charge in [0.2, 0.25) is 5.91 Å². The first kappa shape index (κ1) is 12.5. The molecular formula is C12H23NO2. The van der Waals surface area contributed by atoms with E-state index in [1.165, 1.54) is 0 Å². The summed E-state index contributed by atoms with van der Waals surface area (Å²) in [6.07, 6.45) is 1.99. The van der Waals surface area contributed by atoms with Crippen LogP contribution in [0, 0.1) is 11.8 Å². The van der Waals surface area contributed by atoms with Gasteiger partial charge in [-0.2, -0.15) is 0 Å². The molecule has 1 rings (SSSR count). The van der Waals surface area contributed by atoms with E-state index in [2.05, 4.69) is 13.8 Å². The van der Waals surface area contributed by atoms with Gasteiger partial charge in [-0.15, -0.1) is 0 Å². The lowest BCUT2D eigenvalue weighted by Gasteiger charge is -2.34. The molecule has 1 aliphatic rings. The topological polar surface area (TPSA) is 40.5 Å². The maximum Gasteiger partial charge on any atom is 0.225 e. The third-order valence-electron chi connectivity index (χ3n) is 3.31. The van der Waals surface area contributed by atoms with Crippen LogP contribution in [0.2, 0.25) is 0 Å². The highest BCUT2D eigenvalue weighted by molar-refractivity contribution is 5.76. The Morgan fingerprint density at radius 3 is 2.27 bits per heavy atom. The van der Waals surface area contributed by atoms with Crippen LogP contribution in [-0.4, -0.2) is 35.1 Å². The van der Waals surface area contributed by atoms with E-state index < -0.39 is 6.10 Å². The third-order valence-corrected chi connectivity index (χ3v) is 3.31. The number of carbonyl (C=O) groups excluding carboxylic acids is 1. The standard InChI is InChI=1S/C12H23NO2/c1-9(2)11-4-6-13(7-5-11)12(15)8-10(3)14/h9-11,14H,4-8H2,1-3H3. The molecule has 3 nitrogen and oxygen atoms in total. The third kappa shape index (κ3) is 3.82. The van der Waals surface area contributed by atoms with Gasteiger partial charge in [-0.05, 0) is 31.6 Å². The van der Waals surface area contributed by atoms with E-state index in [0.29, 0.717) is 0 Å².